The van der Waals surface area contributed by atoms with Crippen LogP contribution in [-0.4, -0.2) is 15.4 Å². The van der Waals surface area contributed by atoms with Crippen LogP contribution in [0.4, 0.5) is 5.69 Å². The van der Waals surface area contributed by atoms with Gasteiger partial charge in [0, 0.05) is 15.8 Å². The number of carboxylic acid groups (broad SMARTS) is 1. The summed E-state index contributed by atoms with van der Waals surface area (Å²) in [5.41, 5.74) is 4.03. The molecule has 1 aromatic heterocycles. The molecular weight excluding hydrogens is 414 g/mol. The Bertz CT molecular complexity index is 1090. The zero-order valence-corrected chi connectivity index (χ0v) is 16.9. The van der Waals surface area contributed by atoms with Gasteiger partial charge in [-0.05, 0) is 78.1 Å². The normalized spacial score (nSPS) is 13.1. The summed E-state index contributed by atoms with van der Waals surface area (Å²) in [6.07, 6.45) is 2.23. The second-order valence-electron chi connectivity index (χ2n) is 6.41. The van der Waals surface area contributed by atoms with E-state index in [2.05, 4.69) is 15.2 Å². The van der Waals surface area contributed by atoms with Gasteiger partial charge in [-0.1, -0.05) is 17.7 Å². The first-order chi connectivity index (χ1) is 13.6. The number of rotatable bonds is 6. The van der Waals surface area contributed by atoms with Gasteiger partial charge in [0.05, 0.1) is 27.5 Å². The summed E-state index contributed by atoms with van der Waals surface area (Å²) >= 11 is 8.90. The molecule has 1 heterocycles. The van der Waals surface area contributed by atoms with E-state index in [0.717, 1.165) is 34.6 Å². The number of hydrogen-bond acceptors (Lipinski definition) is 6. The summed E-state index contributed by atoms with van der Waals surface area (Å²) in [4.78, 5) is 12.2. The minimum atomic E-state index is -0.953. The number of nitrogens with one attached hydrogen (secondary N) is 1. The summed E-state index contributed by atoms with van der Waals surface area (Å²) in [7, 11) is 0. The third-order valence-corrected chi connectivity index (χ3v) is 6.26. The van der Waals surface area contributed by atoms with Gasteiger partial charge in [-0.25, -0.2) is 4.79 Å². The quantitative estimate of drug-likeness (QED) is 0.467. The summed E-state index contributed by atoms with van der Waals surface area (Å²) in [5.74, 6) is -0.476. The monoisotopic (exact) mass is 427 g/mol. The van der Waals surface area contributed by atoms with Crippen LogP contribution >= 0.6 is 35.1 Å². The lowest BCUT2D eigenvalue weighted by atomic mass is 10.1. The molecule has 2 aromatic carbocycles. The maximum atomic E-state index is 11.4. The van der Waals surface area contributed by atoms with E-state index >= 15 is 0 Å². The molecule has 0 atom stereocenters. The number of halogens is 1. The molecule has 2 N–H and O–H groups in total. The van der Waals surface area contributed by atoms with Crippen LogP contribution in [-0.2, 0) is 0 Å². The zero-order chi connectivity index (χ0) is 19.7. The average molecular weight is 428 g/mol. The van der Waals surface area contributed by atoms with E-state index in [-0.39, 0.29) is 5.56 Å². The Kier molecular flexibility index (Phi) is 5.27. The van der Waals surface area contributed by atoms with Crippen molar-refractivity contribution in [2.24, 2.45) is 0 Å². The second-order valence-corrected chi connectivity index (χ2v) is 8.33. The number of carbonyl (C=O) groups is 1. The molecular formula is C20H14ClN3O2S2. The summed E-state index contributed by atoms with van der Waals surface area (Å²) in [6, 6.07) is 12.6. The van der Waals surface area contributed by atoms with Gasteiger partial charge in [0.15, 0.2) is 0 Å². The molecule has 0 saturated heterocycles. The third kappa shape index (κ3) is 3.85. The highest BCUT2D eigenvalue weighted by molar-refractivity contribution is 8.00. The van der Waals surface area contributed by atoms with Crippen LogP contribution in [0.3, 0.4) is 0 Å². The van der Waals surface area contributed by atoms with E-state index in [9.17, 15) is 15.2 Å². The largest absolute Gasteiger partial charge is 0.478 e. The number of aromatic nitrogens is 1. The number of hydrogen-bond donors (Lipinski definition) is 2. The maximum Gasteiger partial charge on any atom is 0.335 e. The van der Waals surface area contributed by atoms with Gasteiger partial charge in [0.1, 0.15) is 6.07 Å². The fraction of sp³-hybridized carbons (Fsp3) is 0.150. The predicted molar refractivity (Wildman–Crippen MR) is 112 cm³/mol. The van der Waals surface area contributed by atoms with E-state index < -0.39 is 5.97 Å². The van der Waals surface area contributed by atoms with Gasteiger partial charge in [-0.2, -0.15) is 9.64 Å². The van der Waals surface area contributed by atoms with Crippen molar-refractivity contribution >= 4 is 46.7 Å². The highest BCUT2D eigenvalue weighted by Crippen LogP contribution is 2.45. The lowest BCUT2D eigenvalue weighted by molar-refractivity contribution is 0.0696. The molecule has 1 fully saturated rings. The number of carboxylic acids is 1. The molecule has 1 saturated carbocycles. The first-order valence-electron chi connectivity index (χ1n) is 8.51. The molecule has 0 radical (unpaired) electrons. The number of aromatic carboxylic acids is 1. The van der Waals surface area contributed by atoms with Gasteiger partial charge in [0.25, 0.3) is 0 Å². The SMILES string of the molecule is N#Cc1cc(NSc2cc(C(=O)O)ccc2C2CC2)c(-c2ccsn2)cc1Cl. The zero-order valence-electron chi connectivity index (χ0n) is 14.5. The van der Waals surface area contributed by atoms with Crippen LogP contribution in [0.5, 0.6) is 0 Å². The fourth-order valence-electron chi connectivity index (χ4n) is 2.90. The standard InChI is InChI=1S/C20H14ClN3O2S2/c21-16-9-15(17-5-6-27-23-17)18(7-13(16)10-22)24-28-19-8-12(20(25)26)3-4-14(19)11-1-2-11/h3-9,11,24H,1-2H2,(H,25,26). The van der Waals surface area contributed by atoms with Crippen LogP contribution in [0.25, 0.3) is 11.3 Å². The van der Waals surface area contributed by atoms with Crippen molar-refractivity contribution in [1.29, 1.82) is 5.26 Å². The fourth-order valence-corrected chi connectivity index (χ4v) is 4.56. The Morgan fingerprint density at radius 3 is 2.79 bits per heavy atom. The minimum absolute atomic E-state index is 0.252. The summed E-state index contributed by atoms with van der Waals surface area (Å²) in [5, 5.41) is 20.9. The average Bonchev–Trinajstić information content (AvgIpc) is 3.40. The van der Waals surface area contributed by atoms with Crippen molar-refractivity contribution in [1.82, 2.24) is 4.37 Å². The molecule has 8 heteroatoms. The summed E-state index contributed by atoms with van der Waals surface area (Å²) in [6.45, 7) is 0. The van der Waals surface area contributed by atoms with Crippen molar-refractivity contribution in [3.8, 4) is 17.3 Å². The third-order valence-electron chi connectivity index (χ3n) is 4.49. The smallest absolute Gasteiger partial charge is 0.335 e. The maximum absolute atomic E-state index is 11.4. The Morgan fingerprint density at radius 2 is 2.14 bits per heavy atom. The number of nitriles is 1. The molecule has 1 aliphatic rings. The van der Waals surface area contributed by atoms with Gasteiger partial charge in [-0.15, -0.1) is 0 Å². The Balaban J connectivity index is 1.69. The van der Waals surface area contributed by atoms with Crippen LogP contribution in [0.15, 0.2) is 46.7 Å². The van der Waals surface area contributed by atoms with Gasteiger partial charge >= 0.3 is 5.97 Å². The van der Waals surface area contributed by atoms with Crippen molar-refractivity contribution < 1.29 is 9.90 Å². The molecule has 3 aromatic rings. The van der Waals surface area contributed by atoms with E-state index in [0.29, 0.717) is 22.2 Å². The van der Waals surface area contributed by atoms with Crippen molar-refractivity contribution in [2.75, 3.05) is 4.72 Å². The summed E-state index contributed by atoms with van der Waals surface area (Å²) < 4.78 is 7.65. The number of nitrogens with zero attached hydrogens (tertiary/aromatic N) is 2. The topological polar surface area (TPSA) is 86.0 Å². The molecule has 5 nitrogen and oxygen atoms in total. The Hall–Kier alpha value is -2.53. The van der Waals surface area contributed by atoms with Crippen LogP contribution in [0, 0.1) is 11.3 Å². The number of benzene rings is 2. The van der Waals surface area contributed by atoms with Crippen molar-refractivity contribution in [2.45, 2.75) is 23.7 Å². The minimum Gasteiger partial charge on any atom is -0.478 e. The van der Waals surface area contributed by atoms with Crippen LogP contribution in [0.2, 0.25) is 5.02 Å². The van der Waals surface area contributed by atoms with Crippen LogP contribution < -0.4 is 4.72 Å². The number of anilines is 1. The van der Waals surface area contributed by atoms with Gasteiger partial charge < -0.3 is 9.83 Å². The lowest BCUT2D eigenvalue weighted by Gasteiger charge is -2.14. The lowest BCUT2D eigenvalue weighted by Crippen LogP contribution is -2.00. The molecule has 0 aliphatic heterocycles. The molecule has 140 valence electrons. The molecule has 4 rings (SSSR count). The highest BCUT2D eigenvalue weighted by atomic mass is 35.5. The van der Waals surface area contributed by atoms with Crippen molar-refractivity contribution in [3.05, 3.63) is 63.5 Å². The molecule has 0 unspecified atom stereocenters. The molecule has 0 spiro atoms. The Labute approximate surface area is 175 Å². The molecule has 0 amide bonds. The van der Waals surface area contributed by atoms with E-state index in [1.807, 2.05) is 17.5 Å². The predicted octanol–water partition coefficient (Wildman–Crippen LogP) is 6.03. The van der Waals surface area contributed by atoms with E-state index in [4.69, 9.17) is 11.6 Å². The second kappa shape index (κ2) is 7.84. The highest BCUT2D eigenvalue weighted by Gasteiger charge is 2.27. The van der Waals surface area contributed by atoms with Crippen molar-refractivity contribution in [3.63, 3.8) is 0 Å². The van der Waals surface area contributed by atoms with E-state index in [1.54, 1.807) is 24.3 Å². The molecule has 28 heavy (non-hydrogen) atoms. The Morgan fingerprint density at radius 1 is 1.32 bits per heavy atom. The van der Waals surface area contributed by atoms with Crippen LogP contribution in [0.1, 0.15) is 40.2 Å². The first-order valence-corrected chi connectivity index (χ1v) is 10.5. The first kappa shape index (κ1) is 18.8. The van der Waals surface area contributed by atoms with E-state index in [1.165, 1.54) is 23.5 Å². The van der Waals surface area contributed by atoms with Gasteiger partial charge in [0.2, 0.25) is 0 Å². The molecule has 1 aliphatic carbocycles. The molecule has 0 bridgehead atoms. The van der Waals surface area contributed by atoms with Gasteiger partial charge in [-0.3, -0.25) is 0 Å².